The minimum atomic E-state index is -1.60. The van der Waals surface area contributed by atoms with Crippen LogP contribution in [0.25, 0.3) is 22.0 Å². The van der Waals surface area contributed by atoms with Gasteiger partial charge in [-0.25, -0.2) is 17.9 Å². The molecular weight excluding hydrogens is 521 g/mol. The predicted molar refractivity (Wildman–Crippen MR) is 136 cm³/mol. The minimum Gasteiger partial charge on any atom is -0.394 e. The van der Waals surface area contributed by atoms with Gasteiger partial charge in [-0.1, -0.05) is 35.2 Å². The smallest absolute Gasteiger partial charge is 0.194 e. The molecule has 12 heteroatoms. The summed E-state index contributed by atoms with van der Waals surface area (Å²) >= 11 is 1.22. The van der Waals surface area contributed by atoms with Gasteiger partial charge in [0.1, 0.15) is 35.5 Å². The molecule has 5 rings (SSSR count). The zero-order chi connectivity index (χ0) is 27.1. The predicted octanol–water partition coefficient (Wildman–Crippen LogP) is 3.35. The highest BCUT2D eigenvalue weighted by Crippen LogP contribution is 2.39. The number of benzene rings is 3. The van der Waals surface area contributed by atoms with Gasteiger partial charge in [-0.2, -0.15) is 0 Å². The van der Waals surface area contributed by atoms with Crippen molar-refractivity contribution in [3.8, 4) is 11.3 Å². The number of rotatable bonds is 6. The molecule has 8 nitrogen and oxygen atoms in total. The lowest BCUT2D eigenvalue weighted by Gasteiger charge is -2.41. The summed E-state index contributed by atoms with van der Waals surface area (Å²) in [5.74, 6) is -4.37. The van der Waals surface area contributed by atoms with Gasteiger partial charge in [-0.3, -0.25) is 0 Å². The maximum absolute atomic E-state index is 13.7. The van der Waals surface area contributed by atoms with Gasteiger partial charge in [0.05, 0.1) is 12.8 Å². The molecule has 3 N–H and O–H groups in total. The molecule has 1 aliphatic heterocycles. The molecule has 0 amide bonds. The Balaban J connectivity index is 1.43. The molecule has 1 aromatic heterocycles. The molecule has 1 aliphatic rings. The largest absolute Gasteiger partial charge is 0.394 e. The first-order valence-electron chi connectivity index (χ1n) is 11.7. The number of hydrogen-bond acceptors (Lipinski definition) is 8. The molecule has 1 fully saturated rings. The molecule has 200 valence electrons. The summed E-state index contributed by atoms with van der Waals surface area (Å²) in [4.78, 5) is 2.81. The molecule has 3 unspecified atom stereocenters. The van der Waals surface area contributed by atoms with Crippen molar-refractivity contribution in [2.75, 3.05) is 25.6 Å². The van der Waals surface area contributed by atoms with E-state index in [1.54, 1.807) is 0 Å². The van der Waals surface area contributed by atoms with E-state index in [9.17, 15) is 28.5 Å². The zero-order valence-electron chi connectivity index (χ0n) is 20.4. The second kappa shape index (κ2) is 10.5. The number of nitrogens with zero attached hydrogens (tertiary/aromatic N) is 4. The maximum atomic E-state index is 13.7. The van der Waals surface area contributed by atoms with E-state index in [0.717, 1.165) is 38.2 Å². The summed E-state index contributed by atoms with van der Waals surface area (Å²) in [6, 6.07) is 12.2. The Morgan fingerprint density at radius 3 is 2.45 bits per heavy atom. The van der Waals surface area contributed by atoms with E-state index in [1.165, 1.54) is 18.0 Å². The van der Waals surface area contributed by atoms with E-state index in [2.05, 4.69) is 10.3 Å². The first-order chi connectivity index (χ1) is 18.2. The average Bonchev–Trinajstić information content (AvgIpc) is 3.38. The zero-order valence-corrected chi connectivity index (χ0v) is 21.2. The van der Waals surface area contributed by atoms with Gasteiger partial charge in [-0.15, -0.1) is 5.10 Å². The molecule has 0 spiro atoms. The van der Waals surface area contributed by atoms with Crippen LogP contribution in [0.3, 0.4) is 0 Å². The summed E-state index contributed by atoms with van der Waals surface area (Å²) in [6.07, 6.45) is -2.45. The SMILES string of the molecule is CN(C)c1cccc2cc(S[C@H]3OC(CO)[C@H](O)C(n4cc(-c5cc(F)c(F)c(F)c5)nn4)C3O)ccc12. The Hall–Kier alpha value is -3.16. The van der Waals surface area contributed by atoms with Crippen LogP contribution in [-0.2, 0) is 4.74 Å². The Labute approximate surface area is 220 Å². The van der Waals surface area contributed by atoms with Crippen LogP contribution in [0.1, 0.15) is 6.04 Å². The van der Waals surface area contributed by atoms with Gasteiger partial charge < -0.3 is 25.0 Å². The van der Waals surface area contributed by atoms with Crippen LogP contribution < -0.4 is 4.90 Å². The lowest BCUT2D eigenvalue weighted by atomic mass is 9.97. The Bertz CT molecular complexity index is 1450. The van der Waals surface area contributed by atoms with Gasteiger partial charge in [-0.05, 0) is 35.7 Å². The number of hydrogen-bond donors (Lipinski definition) is 3. The van der Waals surface area contributed by atoms with Crippen molar-refractivity contribution >= 4 is 28.2 Å². The second-order valence-electron chi connectivity index (χ2n) is 9.21. The van der Waals surface area contributed by atoms with Gasteiger partial charge in [0, 0.05) is 35.6 Å². The first-order valence-corrected chi connectivity index (χ1v) is 12.6. The van der Waals surface area contributed by atoms with Gasteiger partial charge in [0.15, 0.2) is 17.5 Å². The number of aromatic nitrogens is 3. The van der Waals surface area contributed by atoms with E-state index < -0.39 is 53.8 Å². The number of anilines is 1. The Kier molecular flexibility index (Phi) is 7.34. The van der Waals surface area contributed by atoms with Gasteiger partial charge in [0.2, 0.25) is 0 Å². The number of halogens is 3. The van der Waals surface area contributed by atoms with Crippen LogP contribution in [-0.4, -0.2) is 74.8 Å². The fraction of sp³-hybridized carbons (Fsp3) is 0.308. The molecule has 4 aromatic rings. The maximum Gasteiger partial charge on any atom is 0.194 e. The van der Waals surface area contributed by atoms with Crippen molar-refractivity contribution in [2.45, 2.75) is 34.7 Å². The highest BCUT2D eigenvalue weighted by atomic mass is 32.2. The van der Waals surface area contributed by atoms with Crippen LogP contribution in [0, 0.1) is 17.5 Å². The molecule has 0 aliphatic carbocycles. The molecule has 0 bridgehead atoms. The lowest BCUT2D eigenvalue weighted by molar-refractivity contribution is -0.178. The van der Waals surface area contributed by atoms with Crippen molar-refractivity contribution in [3.63, 3.8) is 0 Å². The highest BCUT2D eigenvalue weighted by Gasteiger charge is 2.46. The number of aliphatic hydroxyl groups is 3. The van der Waals surface area contributed by atoms with Gasteiger partial charge in [0.25, 0.3) is 0 Å². The van der Waals surface area contributed by atoms with Crippen LogP contribution in [0.2, 0.25) is 0 Å². The quantitative estimate of drug-likeness (QED) is 0.317. The molecule has 3 aromatic carbocycles. The molecule has 0 saturated carbocycles. The summed E-state index contributed by atoms with van der Waals surface area (Å²) in [6.45, 7) is -0.526. The van der Waals surface area contributed by atoms with E-state index in [0.29, 0.717) is 0 Å². The number of thioether (sulfide) groups is 1. The second-order valence-corrected chi connectivity index (χ2v) is 10.4. The van der Waals surface area contributed by atoms with Crippen molar-refractivity contribution in [2.24, 2.45) is 0 Å². The minimum absolute atomic E-state index is 0.00432. The molecule has 2 heterocycles. The fourth-order valence-electron chi connectivity index (χ4n) is 4.58. The summed E-state index contributed by atoms with van der Waals surface area (Å²) in [7, 11) is 3.92. The number of ether oxygens (including phenoxy) is 1. The standard InChI is InChI=1S/C26H25F3N4O4S/c1-32(2)20-5-3-4-13-8-15(6-7-16(13)20)38-26-25(36)23(24(35)21(12-34)37-26)33-11-19(30-31-33)14-9-17(27)22(29)18(28)10-14/h3-11,21,23-26,34-36H,12H2,1-2H3/t21?,23?,24-,25?,26+/m0/s1. The van der Waals surface area contributed by atoms with Crippen LogP contribution in [0.4, 0.5) is 18.9 Å². The van der Waals surface area contributed by atoms with E-state index in [1.807, 2.05) is 55.4 Å². The third-order valence-electron chi connectivity index (χ3n) is 6.51. The fourth-order valence-corrected chi connectivity index (χ4v) is 5.69. The first kappa shape index (κ1) is 26.4. The van der Waals surface area contributed by atoms with E-state index >= 15 is 0 Å². The summed E-state index contributed by atoms with van der Waals surface area (Å²) < 4.78 is 47.8. The van der Waals surface area contributed by atoms with E-state index in [4.69, 9.17) is 4.74 Å². The molecular formula is C26H25F3N4O4S. The third-order valence-corrected chi connectivity index (χ3v) is 7.66. The van der Waals surface area contributed by atoms with Crippen molar-refractivity contribution in [1.82, 2.24) is 15.0 Å². The topological polar surface area (TPSA) is 104 Å². The van der Waals surface area contributed by atoms with E-state index in [-0.39, 0.29) is 11.3 Å². The highest BCUT2D eigenvalue weighted by molar-refractivity contribution is 7.99. The third kappa shape index (κ3) is 4.85. The van der Waals surface area contributed by atoms with Crippen molar-refractivity contribution in [1.29, 1.82) is 0 Å². The molecule has 5 atom stereocenters. The summed E-state index contributed by atoms with van der Waals surface area (Å²) in [5, 5.41) is 41.8. The van der Waals surface area contributed by atoms with Gasteiger partial charge >= 0.3 is 0 Å². The summed E-state index contributed by atoms with van der Waals surface area (Å²) in [5.41, 5.74) is 0.0917. The normalized spacial score (nSPS) is 23.6. The van der Waals surface area contributed by atoms with Crippen molar-refractivity contribution < 1.29 is 33.2 Å². The van der Waals surface area contributed by atoms with Crippen LogP contribution in [0.15, 0.2) is 59.6 Å². The Morgan fingerprint density at radius 1 is 1.03 bits per heavy atom. The average molecular weight is 547 g/mol. The number of fused-ring (bicyclic) bond motifs is 1. The van der Waals surface area contributed by atoms with Crippen molar-refractivity contribution in [3.05, 3.63) is 72.2 Å². The van der Waals surface area contributed by atoms with Crippen LogP contribution >= 0.6 is 11.8 Å². The molecule has 1 saturated heterocycles. The molecule has 0 radical (unpaired) electrons. The van der Waals surface area contributed by atoms with Crippen LogP contribution in [0.5, 0.6) is 0 Å². The lowest BCUT2D eigenvalue weighted by Crippen LogP contribution is -2.55. The monoisotopic (exact) mass is 546 g/mol. The Morgan fingerprint density at radius 2 is 1.76 bits per heavy atom. The number of aliphatic hydroxyl groups excluding tert-OH is 3. The molecule has 38 heavy (non-hydrogen) atoms.